The third-order valence-corrected chi connectivity index (χ3v) is 7.63. The molecule has 0 aliphatic carbocycles. The molecule has 2 fully saturated rings. The summed E-state index contributed by atoms with van der Waals surface area (Å²) >= 11 is 0. The van der Waals surface area contributed by atoms with Crippen molar-refractivity contribution in [2.45, 2.75) is 32.5 Å². The van der Waals surface area contributed by atoms with Gasteiger partial charge in [-0.05, 0) is 56.5 Å². The van der Waals surface area contributed by atoms with Crippen molar-refractivity contribution in [3.63, 3.8) is 0 Å². The van der Waals surface area contributed by atoms with Gasteiger partial charge in [0.2, 0.25) is 0 Å². The van der Waals surface area contributed by atoms with Crippen molar-refractivity contribution in [2.75, 3.05) is 32.7 Å². The van der Waals surface area contributed by atoms with Gasteiger partial charge in [0.25, 0.3) is 5.91 Å². The molecule has 0 bridgehead atoms. The summed E-state index contributed by atoms with van der Waals surface area (Å²) in [7, 11) is 0. The van der Waals surface area contributed by atoms with Crippen molar-refractivity contribution < 1.29 is 22.4 Å². The number of nitrogens with one attached hydrogen (secondary N) is 1. The van der Waals surface area contributed by atoms with Crippen LogP contribution in [0.4, 0.5) is 17.6 Å². The molecule has 5 rings (SSSR count). The fraction of sp³-hybridized carbons (Fsp3) is 0.444. The number of amides is 1. The van der Waals surface area contributed by atoms with Crippen LogP contribution in [-0.4, -0.2) is 63.2 Å². The Kier molecular flexibility index (Phi) is 6.99. The normalized spacial score (nSPS) is 20.7. The summed E-state index contributed by atoms with van der Waals surface area (Å²) in [4.78, 5) is 21.5. The zero-order valence-electron chi connectivity index (χ0n) is 21.2. The van der Waals surface area contributed by atoms with E-state index >= 15 is 0 Å². The van der Waals surface area contributed by atoms with Gasteiger partial charge in [-0.3, -0.25) is 4.79 Å². The number of likely N-dealkylation sites (tertiary alicyclic amines) is 2. The number of benzene rings is 1. The highest BCUT2D eigenvalue weighted by Gasteiger charge is 2.42. The van der Waals surface area contributed by atoms with Crippen molar-refractivity contribution in [3.8, 4) is 5.82 Å². The van der Waals surface area contributed by atoms with Crippen LogP contribution < -0.4 is 0 Å². The van der Waals surface area contributed by atoms with Crippen molar-refractivity contribution >= 4 is 5.91 Å². The summed E-state index contributed by atoms with van der Waals surface area (Å²) < 4.78 is 53.6. The monoisotopic (exact) mass is 529 g/mol. The van der Waals surface area contributed by atoms with E-state index in [0.717, 1.165) is 31.9 Å². The third kappa shape index (κ3) is 5.17. The van der Waals surface area contributed by atoms with Crippen molar-refractivity contribution in [3.05, 3.63) is 82.2 Å². The lowest BCUT2D eigenvalue weighted by Crippen LogP contribution is -2.34. The molecular weight excluding hydrogens is 500 g/mol. The average Bonchev–Trinajstić information content (AvgIpc) is 3.53. The number of aryl methyl sites for hydroxylation is 1. The van der Waals surface area contributed by atoms with E-state index in [4.69, 9.17) is 5.73 Å². The van der Waals surface area contributed by atoms with Gasteiger partial charge in [0, 0.05) is 32.4 Å². The number of carbonyl (C=O) groups excluding carboxylic acids is 1. The summed E-state index contributed by atoms with van der Waals surface area (Å²) in [5.41, 5.74) is 9.69. The number of pyridine rings is 1. The highest BCUT2D eigenvalue weighted by atomic mass is 19.4. The van der Waals surface area contributed by atoms with Gasteiger partial charge in [-0.1, -0.05) is 24.1 Å². The second kappa shape index (κ2) is 10.1. The first-order valence-electron chi connectivity index (χ1n) is 12.6. The molecule has 0 spiro atoms. The molecule has 1 N–H and O–H groups in total. The molecule has 4 heterocycles. The van der Waals surface area contributed by atoms with Gasteiger partial charge in [-0.15, -0.1) is 6.04 Å². The largest absolute Gasteiger partial charge is 0.671 e. The zero-order valence-corrected chi connectivity index (χ0v) is 21.2. The van der Waals surface area contributed by atoms with Crippen LogP contribution in [0.2, 0.25) is 0 Å². The van der Waals surface area contributed by atoms with E-state index in [0.29, 0.717) is 53.9 Å². The summed E-state index contributed by atoms with van der Waals surface area (Å²) in [6.45, 7) is 7.12. The molecule has 2 saturated heterocycles. The van der Waals surface area contributed by atoms with E-state index in [1.165, 1.54) is 22.9 Å². The molecule has 38 heavy (non-hydrogen) atoms. The molecule has 2 aliphatic rings. The van der Waals surface area contributed by atoms with Crippen molar-refractivity contribution in [2.24, 2.45) is 11.8 Å². The van der Waals surface area contributed by atoms with Gasteiger partial charge in [0.05, 0.1) is 22.5 Å². The Morgan fingerprint density at radius 2 is 1.82 bits per heavy atom. The maximum Gasteiger partial charge on any atom is 0.417 e. The Morgan fingerprint density at radius 1 is 1.11 bits per heavy atom. The van der Waals surface area contributed by atoms with Crippen LogP contribution in [0.15, 0.2) is 42.6 Å². The van der Waals surface area contributed by atoms with Gasteiger partial charge >= 0.3 is 6.18 Å². The number of halogens is 4. The molecular formula is C27H29F4N6O-. The Labute approximate surface area is 218 Å². The lowest BCUT2D eigenvalue weighted by molar-refractivity contribution is -0.137. The van der Waals surface area contributed by atoms with Gasteiger partial charge in [0.1, 0.15) is 5.82 Å². The molecule has 3 atom stereocenters. The fourth-order valence-corrected chi connectivity index (χ4v) is 5.65. The molecule has 1 aromatic carbocycles. The van der Waals surface area contributed by atoms with Gasteiger partial charge in [-0.25, -0.2) is 14.1 Å². The first kappa shape index (κ1) is 26.3. The second-order valence-corrected chi connectivity index (χ2v) is 10.2. The number of hydrogen-bond acceptors (Lipinski definition) is 4. The lowest BCUT2D eigenvalue weighted by Gasteiger charge is -2.26. The Hall–Kier alpha value is -3.31. The lowest BCUT2D eigenvalue weighted by atomic mass is 10.0. The molecule has 11 heteroatoms. The first-order chi connectivity index (χ1) is 18.0. The highest BCUT2D eigenvalue weighted by molar-refractivity contribution is 5.96. The smallest absolute Gasteiger partial charge is 0.417 e. The maximum atomic E-state index is 13.5. The standard InChI is InChI=1S/C27H29F4N6O/c1-16-25(17(2)37(34-16)24-7-6-21(11-33-24)27(29,30)31)26(38)36-14-19-12-35(13-20(19)15-36)9-8-23(32)18-4-3-5-22(28)10-18/h3-7,10-11,19-20,23,32H,8-9,12-15H2,1-2H3/q-1/t19?,20?,23-/m0/s1. The molecule has 0 saturated carbocycles. The molecule has 0 radical (unpaired) electrons. The van der Waals surface area contributed by atoms with Gasteiger partial charge < -0.3 is 15.5 Å². The predicted octanol–water partition coefficient (Wildman–Crippen LogP) is 5.23. The fourth-order valence-electron chi connectivity index (χ4n) is 5.65. The summed E-state index contributed by atoms with van der Waals surface area (Å²) in [6.07, 6.45) is -3.10. The predicted molar refractivity (Wildman–Crippen MR) is 133 cm³/mol. The Balaban J connectivity index is 1.20. The van der Waals surface area contributed by atoms with Crippen molar-refractivity contribution in [1.82, 2.24) is 24.6 Å². The number of aromatic nitrogens is 3. The van der Waals surface area contributed by atoms with E-state index in [9.17, 15) is 22.4 Å². The van der Waals surface area contributed by atoms with E-state index in [-0.39, 0.29) is 17.5 Å². The molecule has 202 valence electrons. The Morgan fingerprint density at radius 3 is 2.42 bits per heavy atom. The zero-order chi connectivity index (χ0) is 27.2. The Bertz CT molecular complexity index is 1310. The van der Waals surface area contributed by atoms with Crippen LogP contribution in [-0.2, 0) is 6.18 Å². The van der Waals surface area contributed by atoms with E-state index in [1.54, 1.807) is 26.0 Å². The minimum atomic E-state index is -4.48. The minimum absolute atomic E-state index is 0.128. The maximum absolute atomic E-state index is 13.5. The minimum Gasteiger partial charge on any atom is -0.671 e. The van der Waals surface area contributed by atoms with Crippen LogP contribution in [0, 0.1) is 31.5 Å². The van der Waals surface area contributed by atoms with E-state index in [2.05, 4.69) is 15.0 Å². The summed E-state index contributed by atoms with van der Waals surface area (Å²) in [5, 5.41) is 4.40. The number of rotatable bonds is 6. The number of alkyl halides is 3. The second-order valence-electron chi connectivity index (χ2n) is 10.2. The van der Waals surface area contributed by atoms with Crippen LogP contribution in [0.25, 0.3) is 11.6 Å². The third-order valence-electron chi connectivity index (χ3n) is 7.63. The molecule has 2 unspecified atom stereocenters. The van der Waals surface area contributed by atoms with E-state index < -0.39 is 17.8 Å². The van der Waals surface area contributed by atoms with Crippen LogP contribution >= 0.6 is 0 Å². The number of hydrogen-bond donors (Lipinski definition) is 0. The summed E-state index contributed by atoms with van der Waals surface area (Å²) in [5.74, 6) is 0.440. The van der Waals surface area contributed by atoms with Crippen LogP contribution in [0.5, 0.6) is 0 Å². The summed E-state index contributed by atoms with van der Waals surface area (Å²) in [6, 6.07) is 7.93. The molecule has 2 aromatic heterocycles. The first-order valence-corrected chi connectivity index (χ1v) is 12.6. The molecule has 1 amide bonds. The van der Waals surface area contributed by atoms with Gasteiger partial charge in [0.15, 0.2) is 5.82 Å². The van der Waals surface area contributed by atoms with Crippen LogP contribution in [0.1, 0.15) is 45.3 Å². The van der Waals surface area contributed by atoms with Crippen molar-refractivity contribution in [1.29, 1.82) is 0 Å². The number of fused-ring (bicyclic) bond motifs is 1. The van der Waals surface area contributed by atoms with Crippen LogP contribution in [0.3, 0.4) is 0 Å². The van der Waals surface area contributed by atoms with E-state index in [1.807, 2.05) is 4.90 Å². The number of nitrogens with zero attached hydrogens (tertiary/aromatic N) is 5. The average molecular weight is 530 g/mol. The molecule has 7 nitrogen and oxygen atoms in total. The highest BCUT2D eigenvalue weighted by Crippen LogP contribution is 2.34. The molecule has 2 aliphatic heterocycles. The van der Waals surface area contributed by atoms with Gasteiger partial charge in [-0.2, -0.15) is 18.3 Å². The molecule has 3 aromatic rings. The topological polar surface area (TPSA) is 78.1 Å². The number of carbonyl (C=O) groups is 1. The SMILES string of the molecule is Cc1nn(-c2ccc(C(F)(F)F)cn2)c(C)c1C(=O)N1CC2CN(CC[C@H]([NH-])c3cccc(F)c3)CC2C1. The quantitative estimate of drug-likeness (QED) is 0.410.